The minimum atomic E-state index is 0.476. The molecule has 0 amide bonds. The van der Waals surface area contributed by atoms with Crippen LogP contribution in [0.5, 0.6) is 0 Å². The molecule has 1 fully saturated rings. The lowest BCUT2D eigenvalue weighted by atomic mass is 10.1. The highest BCUT2D eigenvalue weighted by molar-refractivity contribution is 4.86. The number of piperidine rings is 1. The summed E-state index contributed by atoms with van der Waals surface area (Å²) in [4.78, 5) is 2.14. The van der Waals surface area contributed by atoms with E-state index in [0.29, 0.717) is 6.10 Å². The summed E-state index contributed by atoms with van der Waals surface area (Å²) in [5, 5.41) is 3.33. The zero-order chi connectivity index (χ0) is 10.9. The van der Waals surface area contributed by atoms with E-state index in [1.807, 2.05) is 7.05 Å². The van der Waals surface area contributed by atoms with Crippen LogP contribution < -0.4 is 5.32 Å². The van der Waals surface area contributed by atoms with Crippen LogP contribution >= 0.6 is 0 Å². The molecule has 1 saturated heterocycles. The lowest BCUT2D eigenvalue weighted by Gasteiger charge is -2.23. The van der Waals surface area contributed by atoms with E-state index in [1.165, 1.54) is 0 Å². The van der Waals surface area contributed by atoms with Crippen molar-refractivity contribution < 1.29 is 4.74 Å². The van der Waals surface area contributed by atoms with Crippen molar-refractivity contribution >= 4 is 0 Å². The van der Waals surface area contributed by atoms with Gasteiger partial charge in [0.2, 0.25) is 0 Å². The van der Waals surface area contributed by atoms with E-state index in [0.717, 1.165) is 52.0 Å². The number of hydrogen-bond acceptors (Lipinski definition) is 3. The number of rotatable bonds is 6. The Hall–Kier alpha value is -0.560. The van der Waals surface area contributed by atoms with Gasteiger partial charge in [-0.15, -0.1) is 6.42 Å². The molecule has 0 unspecified atom stereocenters. The average Bonchev–Trinajstić information content (AvgIpc) is 2.26. The summed E-state index contributed by atoms with van der Waals surface area (Å²) in [7, 11) is 2.05. The van der Waals surface area contributed by atoms with Gasteiger partial charge < -0.3 is 10.1 Å². The van der Waals surface area contributed by atoms with Crippen molar-refractivity contribution in [1.82, 2.24) is 10.2 Å². The van der Waals surface area contributed by atoms with Crippen molar-refractivity contribution in [1.29, 1.82) is 0 Å². The van der Waals surface area contributed by atoms with Gasteiger partial charge in [0.15, 0.2) is 0 Å². The Bertz CT molecular complexity index is 194. The van der Waals surface area contributed by atoms with Gasteiger partial charge in [0.05, 0.1) is 12.6 Å². The van der Waals surface area contributed by atoms with Crippen LogP contribution in [0.4, 0.5) is 0 Å². The number of terminal acetylenes is 1. The number of nitrogens with one attached hydrogen (secondary N) is 1. The molecule has 1 N–H and O–H groups in total. The van der Waals surface area contributed by atoms with E-state index in [9.17, 15) is 0 Å². The van der Waals surface area contributed by atoms with Gasteiger partial charge in [0, 0.05) is 13.2 Å². The van der Waals surface area contributed by atoms with Gasteiger partial charge in [-0.25, -0.2) is 0 Å². The molecule has 15 heavy (non-hydrogen) atoms. The minimum Gasteiger partial charge on any atom is -0.378 e. The molecule has 0 atom stereocenters. The standard InChI is InChI=1S/C12H22N2O/c1-3-9-14(2)10-4-11-15-12-5-7-13-8-6-12/h1,12-13H,4-11H2,2H3. The first kappa shape index (κ1) is 12.5. The molecule has 0 radical (unpaired) electrons. The molecule has 1 heterocycles. The van der Waals surface area contributed by atoms with Gasteiger partial charge in [0.1, 0.15) is 0 Å². The highest BCUT2D eigenvalue weighted by atomic mass is 16.5. The normalized spacial score (nSPS) is 17.9. The van der Waals surface area contributed by atoms with Crippen molar-refractivity contribution in [3.8, 4) is 12.3 Å². The Labute approximate surface area is 93.2 Å². The van der Waals surface area contributed by atoms with Gasteiger partial charge in [-0.2, -0.15) is 0 Å². The second-order valence-corrected chi connectivity index (χ2v) is 4.12. The fourth-order valence-corrected chi connectivity index (χ4v) is 1.78. The molecular formula is C12H22N2O. The topological polar surface area (TPSA) is 24.5 Å². The summed E-state index contributed by atoms with van der Waals surface area (Å²) in [6, 6.07) is 0. The summed E-state index contributed by atoms with van der Waals surface area (Å²) in [6.07, 6.45) is 9.07. The largest absolute Gasteiger partial charge is 0.378 e. The molecule has 1 aliphatic rings. The average molecular weight is 210 g/mol. The molecule has 0 aromatic heterocycles. The molecular weight excluding hydrogens is 188 g/mol. The molecule has 3 nitrogen and oxygen atoms in total. The highest BCUT2D eigenvalue weighted by Crippen LogP contribution is 2.07. The molecule has 3 heteroatoms. The van der Waals surface area contributed by atoms with E-state index < -0.39 is 0 Å². The van der Waals surface area contributed by atoms with Crippen molar-refractivity contribution in [3.05, 3.63) is 0 Å². The third-order valence-electron chi connectivity index (χ3n) is 2.69. The maximum atomic E-state index is 5.79. The van der Waals surface area contributed by atoms with Crippen LogP contribution in [-0.2, 0) is 4.74 Å². The molecule has 1 rings (SSSR count). The van der Waals surface area contributed by atoms with Crippen molar-refractivity contribution in [3.63, 3.8) is 0 Å². The Kier molecular flexibility index (Phi) is 6.42. The number of ether oxygens (including phenoxy) is 1. The summed E-state index contributed by atoms with van der Waals surface area (Å²) in [6.45, 7) is 4.81. The van der Waals surface area contributed by atoms with E-state index in [-0.39, 0.29) is 0 Å². The van der Waals surface area contributed by atoms with E-state index in [1.54, 1.807) is 0 Å². The lowest BCUT2D eigenvalue weighted by molar-refractivity contribution is 0.0290. The SMILES string of the molecule is C#CCN(C)CCCOC1CCNCC1. The third kappa shape index (κ3) is 5.78. The monoisotopic (exact) mass is 210 g/mol. The Morgan fingerprint density at radius 3 is 2.87 bits per heavy atom. The quantitative estimate of drug-likeness (QED) is 0.516. The van der Waals surface area contributed by atoms with E-state index in [2.05, 4.69) is 16.1 Å². The molecule has 0 bridgehead atoms. The van der Waals surface area contributed by atoms with Gasteiger partial charge in [-0.05, 0) is 39.4 Å². The van der Waals surface area contributed by atoms with Crippen molar-refractivity contribution in [2.75, 3.05) is 39.8 Å². The van der Waals surface area contributed by atoms with Gasteiger partial charge >= 0.3 is 0 Å². The first-order valence-electron chi connectivity index (χ1n) is 5.77. The third-order valence-corrected chi connectivity index (χ3v) is 2.69. The van der Waals surface area contributed by atoms with Crippen LogP contribution in [-0.4, -0.2) is 50.8 Å². The number of nitrogens with zero attached hydrogens (tertiary/aromatic N) is 1. The first-order valence-corrected chi connectivity index (χ1v) is 5.77. The van der Waals surface area contributed by atoms with Crippen molar-refractivity contribution in [2.24, 2.45) is 0 Å². The smallest absolute Gasteiger partial charge is 0.0599 e. The summed E-state index contributed by atoms with van der Waals surface area (Å²) in [5.41, 5.74) is 0. The molecule has 1 aliphatic heterocycles. The number of hydrogen-bond donors (Lipinski definition) is 1. The predicted octanol–water partition coefficient (Wildman–Crippen LogP) is 0.710. The van der Waals surface area contributed by atoms with Gasteiger partial charge in [0.25, 0.3) is 0 Å². The maximum absolute atomic E-state index is 5.79. The van der Waals surface area contributed by atoms with Crippen LogP contribution in [0.1, 0.15) is 19.3 Å². The summed E-state index contributed by atoms with van der Waals surface area (Å²) < 4.78 is 5.79. The summed E-state index contributed by atoms with van der Waals surface area (Å²) in [5.74, 6) is 2.63. The zero-order valence-corrected chi connectivity index (χ0v) is 9.67. The van der Waals surface area contributed by atoms with Crippen LogP contribution in [0.25, 0.3) is 0 Å². The van der Waals surface area contributed by atoms with Crippen molar-refractivity contribution in [2.45, 2.75) is 25.4 Å². The Morgan fingerprint density at radius 1 is 1.47 bits per heavy atom. The van der Waals surface area contributed by atoms with Crippen LogP contribution in [0, 0.1) is 12.3 Å². The molecule has 86 valence electrons. The van der Waals surface area contributed by atoms with Crippen LogP contribution in [0.3, 0.4) is 0 Å². The maximum Gasteiger partial charge on any atom is 0.0599 e. The molecule has 0 spiro atoms. The lowest BCUT2D eigenvalue weighted by Crippen LogP contribution is -2.33. The van der Waals surface area contributed by atoms with Gasteiger partial charge in [-0.3, -0.25) is 4.90 Å². The second kappa shape index (κ2) is 7.70. The van der Waals surface area contributed by atoms with Crippen LogP contribution in [0.2, 0.25) is 0 Å². The molecule has 0 aromatic rings. The summed E-state index contributed by atoms with van der Waals surface area (Å²) >= 11 is 0. The highest BCUT2D eigenvalue weighted by Gasteiger charge is 2.12. The predicted molar refractivity (Wildman–Crippen MR) is 62.8 cm³/mol. The fourth-order valence-electron chi connectivity index (χ4n) is 1.78. The minimum absolute atomic E-state index is 0.476. The fraction of sp³-hybridized carbons (Fsp3) is 0.833. The zero-order valence-electron chi connectivity index (χ0n) is 9.67. The first-order chi connectivity index (χ1) is 7.33. The Balaban J connectivity index is 1.94. The van der Waals surface area contributed by atoms with E-state index in [4.69, 9.17) is 11.2 Å². The second-order valence-electron chi connectivity index (χ2n) is 4.12. The Morgan fingerprint density at radius 2 is 2.20 bits per heavy atom. The van der Waals surface area contributed by atoms with Gasteiger partial charge in [-0.1, -0.05) is 5.92 Å². The van der Waals surface area contributed by atoms with Crippen LogP contribution in [0.15, 0.2) is 0 Å². The molecule has 0 aliphatic carbocycles. The molecule has 0 saturated carbocycles. The molecule has 0 aromatic carbocycles. The van der Waals surface area contributed by atoms with E-state index >= 15 is 0 Å².